The fourth-order valence-corrected chi connectivity index (χ4v) is 5.73. The molecule has 0 saturated carbocycles. The summed E-state index contributed by atoms with van der Waals surface area (Å²) in [5.74, 6) is 0.112. The summed E-state index contributed by atoms with van der Waals surface area (Å²) in [5.41, 5.74) is 3.85. The number of aliphatic hydroxyl groups is 2. The quantitative estimate of drug-likeness (QED) is 0.119. The number of ether oxygens (including phenoxy) is 1. The van der Waals surface area contributed by atoms with Crippen LogP contribution >= 0.6 is 0 Å². The Hall–Kier alpha value is -5.37. The molecule has 3 aromatic carbocycles. The first-order valence-corrected chi connectivity index (χ1v) is 15.8. The molecule has 1 aliphatic heterocycles. The molecule has 4 atom stereocenters. The molecule has 0 aliphatic carbocycles. The Balaban J connectivity index is 1.29. The van der Waals surface area contributed by atoms with Crippen LogP contribution in [0.5, 0.6) is 0 Å². The third kappa shape index (κ3) is 7.28. The molecule has 6 N–H and O–H groups in total. The zero-order valence-corrected chi connectivity index (χ0v) is 26.4. The van der Waals surface area contributed by atoms with Crippen LogP contribution in [0.1, 0.15) is 41.6 Å². The van der Waals surface area contributed by atoms with Crippen LogP contribution in [0.4, 0.5) is 10.6 Å². The van der Waals surface area contributed by atoms with Gasteiger partial charge in [-0.15, -0.1) is 0 Å². The Morgan fingerprint density at radius 2 is 1.46 bits per heavy atom. The number of carbonyl (C=O) groups is 2. The van der Waals surface area contributed by atoms with E-state index in [1.807, 2.05) is 66.7 Å². The first-order valence-electron chi connectivity index (χ1n) is 15.8. The Kier molecular flexibility index (Phi) is 10.2. The van der Waals surface area contributed by atoms with Crippen LogP contribution in [-0.2, 0) is 22.6 Å². The second kappa shape index (κ2) is 15.0. The average Bonchev–Trinajstić information content (AvgIpc) is 3.67. The van der Waals surface area contributed by atoms with Crippen molar-refractivity contribution in [3.8, 4) is 0 Å². The maximum absolute atomic E-state index is 12.7. The summed E-state index contributed by atoms with van der Waals surface area (Å²) < 4.78 is 7.34. The number of hydrogen-bond acceptors (Lipinski definition) is 9. The smallest absolute Gasteiger partial charge is 0.315 e. The average molecular weight is 651 g/mol. The molecule has 1 fully saturated rings. The fourth-order valence-electron chi connectivity index (χ4n) is 5.73. The van der Waals surface area contributed by atoms with Crippen molar-refractivity contribution in [3.63, 3.8) is 0 Å². The van der Waals surface area contributed by atoms with Crippen molar-refractivity contribution in [2.75, 3.05) is 18.4 Å². The number of carbonyl (C=O) groups excluding carboxylic acids is 2. The molecule has 0 spiro atoms. The van der Waals surface area contributed by atoms with E-state index in [4.69, 9.17) is 9.72 Å². The Bertz CT molecular complexity index is 1780. The molecule has 0 bridgehead atoms. The van der Waals surface area contributed by atoms with Crippen LogP contribution < -0.4 is 21.3 Å². The molecule has 3 heterocycles. The summed E-state index contributed by atoms with van der Waals surface area (Å²) >= 11 is 0. The van der Waals surface area contributed by atoms with E-state index < -0.39 is 36.5 Å². The van der Waals surface area contributed by atoms with Crippen molar-refractivity contribution < 1.29 is 24.5 Å². The summed E-state index contributed by atoms with van der Waals surface area (Å²) in [7, 11) is 0. The number of fused-ring (bicyclic) bond motifs is 1. The first-order chi connectivity index (χ1) is 23.4. The van der Waals surface area contributed by atoms with Gasteiger partial charge in [0.1, 0.15) is 12.2 Å². The molecule has 5 aromatic rings. The van der Waals surface area contributed by atoms with Crippen molar-refractivity contribution >= 4 is 28.9 Å². The van der Waals surface area contributed by atoms with E-state index in [1.54, 1.807) is 6.92 Å². The van der Waals surface area contributed by atoms with Gasteiger partial charge in [0.05, 0.1) is 12.9 Å². The monoisotopic (exact) mass is 650 g/mol. The number of nitrogens with one attached hydrogen (secondary N) is 4. The van der Waals surface area contributed by atoms with E-state index in [1.165, 1.54) is 10.9 Å². The third-order valence-corrected chi connectivity index (χ3v) is 8.17. The van der Waals surface area contributed by atoms with E-state index in [9.17, 15) is 19.8 Å². The van der Waals surface area contributed by atoms with E-state index in [0.29, 0.717) is 31.0 Å². The molecule has 6 rings (SSSR count). The molecular weight excluding hydrogens is 612 g/mol. The van der Waals surface area contributed by atoms with Gasteiger partial charge in [0.15, 0.2) is 35.1 Å². The summed E-state index contributed by atoms with van der Waals surface area (Å²) in [5, 5.41) is 33.3. The zero-order chi connectivity index (χ0) is 33.5. The second-order valence-corrected chi connectivity index (χ2v) is 11.4. The van der Waals surface area contributed by atoms with Crippen molar-refractivity contribution in [2.45, 2.75) is 50.5 Å². The van der Waals surface area contributed by atoms with Crippen LogP contribution in [0.25, 0.3) is 11.2 Å². The van der Waals surface area contributed by atoms with Crippen molar-refractivity contribution in [2.24, 2.45) is 0 Å². The molecule has 2 aromatic heterocycles. The molecule has 0 unspecified atom stereocenters. The van der Waals surface area contributed by atoms with Gasteiger partial charge in [0, 0.05) is 25.6 Å². The van der Waals surface area contributed by atoms with Gasteiger partial charge in [-0.05, 0) is 23.6 Å². The molecule has 248 valence electrons. The van der Waals surface area contributed by atoms with Gasteiger partial charge in [0.2, 0.25) is 0 Å². The van der Waals surface area contributed by atoms with Crippen molar-refractivity contribution in [1.29, 1.82) is 0 Å². The third-order valence-electron chi connectivity index (χ3n) is 8.17. The SMILES string of the molecule is CCNC(=O)[C@H]1O[C@@H](n2cnc3c(NCC(c4ccccc4)c4ccccc4)nc(CNC(=O)NCc4ccccc4)nc32)[C@H](O)[C@@H]1O. The Labute approximate surface area is 277 Å². The summed E-state index contributed by atoms with van der Waals surface area (Å²) in [4.78, 5) is 39.2. The number of anilines is 1. The minimum atomic E-state index is -1.47. The lowest BCUT2D eigenvalue weighted by Crippen LogP contribution is -2.42. The van der Waals surface area contributed by atoms with E-state index in [-0.39, 0.29) is 23.9 Å². The highest BCUT2D eigenvalue weighted by Gasteiger charge is 2.47. The first kappa shape index (κ1) is 32.6. The lowest BCUT2D eigenvalue weighted by molar-refractivity contribution is -0.137. The van der Waals surface area contributed by atoms with E-state index in [2.05, 4.69) is 55.5 Å². The van der Waals surface area contributed by atoms with Gasteiger partial charge in [0.25, 0.3) is 5.91 Å². The molecule has 48 heavy (non-hydrogen) atoms. The molecule has 13 nitrogen and oxygen atoms in total. The molecule has 3 amide bonds. The van der Waals surface area contributed by atoms with Crippen molar-refractivity contribution in [1.82, 2.24) is 35.5 Å². The molecule has 13 heteroatoms. The lowest BCUT2D eigenvalue weighted by Gasteiger charge is -2.20. The topological polar surface area (TPSA) is 176 Å². The summed E-state index contributed by atoms with van der Waals surface area (Å²) in [6.45, 7) is 2.87. The number of benzene rings is 3. The Morgan fingerprint density at radius 1 is 0.833 bits per heavy atom. The number of likely N-dealkylation sites (N-methyl/N-ethyl adjacent to an activating group) is 1. The number of amides is 3. The molecular formula is C35H38N8O5. The number of hydrogen-bond donors (Lipinski definition) is 6. The number of nitrogens with zero attached hydrogens (tertiary/aromatic N) is 4. The number of rotatable bonds is 12. The fraction of sp³-hybridized carbons (Fsp3) is 0.286. The van der Waals surface area contributed by atoms with Crippen LogP contribution in [0.2, 0.25) is 0 Å². The van der Waals surface area contributed by atoms with Crippen LogP contribution in [0.3, 0.4) is 0 Å². The predicted molar refractivity (Wildman–Crippen MR) is 179 cm³/mol. The normalized spacial score (nSPS) is 18.9. The van der Waals surface area contributed by atoms with E-state index >= 15 is 0 Å². The minimum Gasteiger partial charge on any atom is -0.387 e. The lowest BCUT2D eigenvalue weighted by atomic mass is 9.91. The highest BCUT2D eigenvalue weighted by Crippen LogP contribution is 2.33. The number of aromatic nitrogens is 4. The van der Waals surface area contributed by atoms with Crippen LogP contribution in [-0.4, -0.2) is 73.1 Å². The van der Waals surface area contributed by atoms with Gasteiger partial charge < -0.3 is 36.2 Å². The maximum atomic E-state index is 12.7. The van der Waals surface area contributed by atoms with Gasteiger partial charge in [-0.1, -0.05) is 91.0 Å². The maximum Gasteiger partial charge on any atom is 0.315 e. The van der Waals surface area contributed by atoms with Gasteiger partial charge in [-0.25, -0.2) is 19.7 Å². The minimum absolute atomic E-state index is 0.0184. The number of imidazole rings is 1. The van der Waals surface area contributed by atoms with Crippen LogP contribution in [0.15, 0.2) is 97.3 Å². The summed E-state index contributed by atoms with van der Waals surface area (Å²) in [6.07, 6.45) is -3.91. The highest BCUT2D eigenvalue weighted by molar-refractivity contribution is 5.84. The zero-order valence-electron chi connectivity index (χ0n) is 26.4. The van der Waals surface area contributed by atoms with Gasteiger partial charge >= 0.3 is 6.03 Å². The summed E-state index contributed by atoms with van der Waals surface area (Å²) in [6, 6.07) is 29.4. The molecule has 1 saturated heterocycles. The largest absolute Gasteiger partial charge is 0.387 e. The number of aliphatic hydroxyl groups excluding tert-OH is 2. The number of urea groups is 1. The Morgan fingerprint density at radius 3 is 2.10 bits per heavy atom. The highest BCUT2D eigenvalue weighted by atomic mass is 16.6. The van der Waals surface area contributed by atoms with E-state index in [0.717, 1.165) is 16.7 Å². The van der Waals surface area contributed by atoms with Crippen molar-refractivity contribution in [3.05, 3.63) is 120 Å². The molecule has 0 radical (unpaired) electrons. The second-order valence-electron chi connectivity index (χ2n) is 11.4. The standard InChI is InChI=1S/C35H38N8O5/c1-2-36-33(46)30-28(44)29(45)34(48-30)43-21-40-27-31(37-19-25(23-14-8-4-9-15-23)24-16-10-5-11-17-24)41-26(42-32(27)43)20-39-35(47)38-18-22-12-6-3-7-13-22/h3-17,21,25,28-30,34,44-45H,2,18-20H2,1H3,(H,36,46)(H,37,41,42)(H2,38,39,47)/t28-,29+,30-,34+/m0/s1. The van der Waals surface area contributed by atoms with Gasteiger partial charge in [-0.3, -0.25) is 9.36 Å². The van der Waals surface area contributed by atoms with Crippen LogP contribution in [0, 0.1) is 0 Å². The van der Waals surface area contributed by atoms with Gasteiger partial charge in [-0.2, -0.15) is 0 Å². The predicted octanol–water partition coefficient (Wildman–Crippen LogP) is 2.83. The molecule has 1 aliphatic rings.